The number of nitrogens with two attached hydrogens (primary N) is 1. The zero-order chi connectivity index (χ0) is 9.61. The van der Waals surface area contributed by atoms with Gasteiger partial charge in [-0.1, -0.05) is 6.92 Å². The summed E-state index contributed by atoms with van der Waals surface area (Å²) in [4.78, 5) is 9.39. The largest absolute Gasteiger partial charge is 0.676 e. The van der Waals surface area contributed by atoms with Crippen LogP contribution >= 0.6 is 0 Å². The maximum atomic E-state index is 9.39. The summed E-state index contributed by atoms with van der Waals surface area (Å²) in [5.41, 5.74) is 5.56. The van der Waals surface area contributed by atoms with Crippen molar-refractivity contribution in [3.05, 3.63) is 0 Å². The zero-order valence-electron chi connectivity index (χ0n) is 7.74. The molecule has 0 amide bonds. The minimum absolute atomic E-state index is 0.0886. The van der Waals surface area contributed by atoms with E-state index in [1.54, 1.807) is 0 Å². The molecule has 0 heterocycles. The van der Waals surface area contributed by atoms with Crippen LogP contribution in [0.4, 0.5) is 0 Å². The smallest absolute Gasteiger partial charge is 0.367 e. The second-order valence-electron chi connectivity index (χ2n) is 2.41. The first-order valence-electron chi connectivity index (χ1n) is 3.80. The predicted molar refractivity (Wildman–Crippen MR) is 46.2 cm³/mol. The van der Waals surface area contributed by atoms with Gasteiger partial charge in [0.25, 0.3) is 0 Å². The second-order valence-corrected chi connectivity index (χ2v) is 4.56. The predicted octanol–water partition coefficient (Wildman–Crippen LogP) is -0.539. The summed E-state index contributed by atoms with van der Waals surface area (Å²) < 4.78 is 14.4. The molecule has 5 nitrogen and oxygen atoms in total. The van der Waals surface area contributed by atoms with E-state index in [2.05, 4.69) is 8.85 Å². The van der Waals surface area contributed by atoms with E-state index >= 15 is 0 Å². The van der Waals surface area contributed by atoms with Gasteiger partial charge in [0, 0.05) is 20.3 Å². The SMILES string of the molecule is CCC(N)CO[Si](O)(OC)OC. The highest BCUT2D eigenvalue weighted by molar-refractivity contribution is 6.51. The molecule has 0 spiro atoms. The van der Waals surface area contributed by atoms with Crippen molar-refractivity contribution in [3.8, 4) is 0 Å². The summed E-state index contributed by atoms with van der Waals surface area (Å²) in [6.07, 6.45) is 0.790. The van der Waals surface area contributed by atoms with Gasteiger partial charge in [0.15, 0.2) is 0 Å². The molecule has 0 aliphatic heterocycles. The molecule has 12 heavy (non-hydrogen) atoms. The van der Waals surface area contributed by atoms with Crippen molar-refractivity contribution < 1.29 is 18.1 Å². The highest BCUT2D eigenvalue weighted by atomic mass is 28.4. The fraction of sp³-hybridized carbons (Fsp3) is 1.00. The highest BCUT2D eigenvalue weighted by Crippen LogP contribution is 2.02. The van der Waals surface area contributed by atoms with Gasteiger partial charge < -0.3 is 23.8 Å². The molecule has 0 rings (SSSR count). The molecule has 0 aromatic heterocycles. The fourth-order valence-corrected chi connectivity index (χ4v) is 1.36. The van der Waals surface area contributed by atoms with Gasteiger partial charge in [0.05, 0.1) is 6.61 Å². The Morgan fingerprint density at radius 3 is 2.25 bits per heavy atom. The van der Waals surface area contributed by atoms with Crippen molar-refractivity contribution in [2.75, 3.05) is 20.8 Å². The van der Waals surface area contributed by atoms with Crippen LogP contribution in [0.3, 0.4) is 0 Å². The molecule has 6 heteroatoms. The van der Waals surface area contributed by atoms with E-state index < -0.39 is 9.05 Å². The summed E-state index contributed by atoms with van der Waals surface area (Å²) in [5.74, 6) is 0. The average molecular weight is 195 g/mol. The van der Waals surface area contributed by atoms with Gasteiger partial charge in [-0.05, 0) is 6.42 Å². The van der Waals surface area contributed by atoms with Crippen LogP contribution < -0.4 is 5.73 Å². The van der Waals surface area contributed by atoms with E-state index in [0.717, 1.165) is 6.42 Å². The third-order valence-electron chi connectivity index (χ3n) is 1.52. The molecule has 1 atom stereocenters. The first-order chi connectivity index (χ1) is 5.58. The molecule has 0 aromatic rings. The molecule has 3 N–H and O–H groups in total. The average Bonchev–Trinajstić information content (AvgIpc) is 2.13. The first-order valence-corrected chi connectivity index (χ1v) is 5.47. The molecule has 0 aliphatic rings. The summed E-state index contributed by atoms with van der Waals surface area (Å²) in [5, 5.41) is 0. The number of rotatable bonds is 6. The molecule has 0 saturated carbocycles. The fourth-order valence-electron chi connectivity index (χ4n) is 0.531. The summed E-state index contributed by atoms with van der Waals surface area (Å²) in [6.45, 7) is 2.19. The van der Waals surface area contributed by atoms with Crippen LogP contribution in [0.15, 0.2) is 0 Å². The third kappa shape index (κ3) is 4.15. The summed E-state index contributed by atoms with van der Waals surface area (Å²) in [7, 11) is -0.675. The van der Waals surface area contributed by atoms with Crippen molar-refractivity contribution in [1.82, 2.24) is 0 Å². The lowest BCUT2D eigenvalue weighted by Gasteiger charge is -2.20. The van der Waals surface area contributed by atoms with Crippen LogP contribution in [-0.4, -0.2) is 40.7 Å². The van der Waals surface area contributed by atoms with Crippen molar-refractivity contribution >= 4 is 9.05 Å². The molecule has 74 valence electrons. The van der Waals surface area contributed by atoms with Gasteiger partial charge in [0.1, 0.15) is 0 Å². The van der Waals surface area contributed by atoms with Gasteiger partial charge in [-0.15, -0.1) is 0 Å². The minimum atomic E-state index is -3.36. The van der Waals surface area contributed by atoms with E-state index in [4.69, 9.17) is 10.2 Å². The van der Waals surface area contributed by atoms with E-state index in [9.17, 15) is 4.80 Å². The lowest BCUT2D eigenvalue weighted by Crippen LogP contribution is -2.46. The standard InChI is InChI=1S/C6H17NO4Si/c1-4-6(7)5-11-12(8,9-2)10-3/h6,8H,4-5,7H2,1-3H3. The van der Waals surface area contributed by atoms with Gasteiger partial charge in [-0.25, -0.2) is 0 Å². The van der Waals surface area contributed by atoms with Crippen molar-refractivity contribution in [1.29, 1.82) is 0 Å². The highest BCUT2D eigenvalue weighted by Gasteiger charge is 2.38. The van der Waals surface area contributed by atoms with Crippen LogP contribution in [-0.2, 0) is 13.3 Å². The van der Waals surface area contributed by atoms with Crippen molar-refractivity contribution in [3.63, 3.8) is 0 Å². The van der Waals surface area contributed by atoms with Gasteiger partial charge in [-0.3, -0.25) is 0 Å². The Hall–Kier alpha value is 0.0169. The molecule has 1 unspecified atom stereocenters. The van der Waals surface area contributed by atoms with E-state index in [1.165, 1.54) is 14.2 Å². The first kappa shape index (κ1) is 12.0. The van der Waals surface area contributed by atoms with Crippen molar-refractivity contribution in [2.45, 2.75) is 19.4 Å². The number of hydrogen-bond acceptors (Lipinski definition) is 5. The Labute approximate surface area is 73.9 Å². The minimum Gasteiger partial charge on any atom is -0.367 e. The molecule has 0 saturated heterocycles. The number of hydrogen-bond donors (Lipinski definition) is 2. The molecule has 0 aromatic carbocycles. The monoisotopic (exact) mass is 195 g/mol. The van der Waals surface area contributed by atoms with Gasteiger partial charge in [-0.2, -0.15) is 0 Å². The van der Waals surface area contributed by atoms with Crippen LogP contribution in [0.1, 0.15) is 13.3 Å². The van der Waals surface area contributed by atoms with Crippen LogP contribution in [0.25, 0.3) is 0 Å². The Morgan fingerprint density at radius 1 is 1.42 bits per heavy atom. The van der Waals surface area contributed by atoms with Gasteiger partial charge in [0.2, 0.25) is 0 Å². The summed E-state index contributed by atoms with van der Waals surface area (Å²) >= 11 is 0. The van der Waals surface area contributed by atoms with Crippen LogP contribution in [0.5, 0.6) is 0 Å². The Morgan fingerprint density at radius 2 is 1.92 bits per heavy atom. The van der Waals surface area contributed by atoms with E-state index in [1.807, 2.05) is 6.92 Å². The summed E-state index contributed by atoms with van der Waals surface area (Å²) in [6, 6.07) is -0.0886. The van der Waals surface area contributed by atoms with Crippen LogP contribution in [0, 0.1) is 0 Å². The Bertz CT molecular complexity index is 120. The quantitative estimate of drug-likeness (QED) is 0.557. The molecule has 0 aliphatic carbocycles. The lowest BCUT2D eigenvalue weighted by molar-refractivity contribution is 0.0193. The topological polar surface area (TPSA) is 73.9 Å². The van der Waals surface area contributed by atoms with E-state index in [0.29, 0.717) is 0 Å². The lowest BCUT2D eigenvalue weighted by atomic mass is 10.3. The zero-order valence-corrected chi connectivity index (χ0v) is 8.74. The molecule has 0 fully saturated rings. The van der Waals surface area contributed by atoms with Crippen molar-refractivity contribution in [2.24, 2.45) is 5.73 Å². The maximum Gasteiger partial charge on any atom is 0.676 e. The second kappa shape index (κ2) is 5.63. The van der Waals surface area contributed by atoms with Crippen LogP contribution in [0.2, 0.25) is 0 Å². The maximum absolute atomic E-state index is 9.39. The third-order valence-corrected chi connectivity index (χ3v) is 3.08. The van der Waals surface area contributed by atoms with Gasteiger partial charge >= 0.3 is 9.05 Å². The normalized spacial score (nSPS) is 14.8. The molecule has 0 bridgehead atoms. The molecular formula is C6H17NO4Si. The Kier molecular flexibility index (Phi) is 5.63. The van der Waals surface area contributed by atoms with E-state index in [-0.39, 0.29) is 12.6 Å². The molecular weight excluding hydrogens is 178 g/mol. The molecule has 0 radical (unpaired) electrons. The Balaban J connectivity index is 3.72.